The van der Waals surface area contributed by atoms with Crippen LogP contribution in [0.25, 0.3) is 0 Å². The number of alkyl halides is 3. The predicted octanol–water partition coefficient (Wildman–Crippen LogP) is 5.10. The van der Waals surface area contributed by atoms with Crippen LogP contribution < -0.4 is 14.2 Å². The molecule has 1 aliphatic carbocycles. The zero-order chi connectivity index (χ0) is 27.1. The molecular weight excluding hydrogens is 523 g/mol. The van der Waals surface area contributed by atoms with E-state index in [0.29, 0.717) is 29.5 Å². The van der Waals surface area contributed by atoms with Gasteiger partial charge >= 0.3 is 6.18 Å². The Bertz CT molecular complexity index is 1590. The molecule has 3 aromatic carbocycles. The lowest BCUT2D eigenvalue weighted by Gasteiger charge is -2.17. The van der Waals surface area contributed by atoms with Gasteiger partial charge in [0.2, 0.25) is 6.79 Å². The average Bonchev–Trinajstić information content (AvgIpc) is 3.35. The van der Waals surface area contributed by atoms with Crippen LogP contribution in [0.5, 0.6) is 11.5 Å². The highest BCUT2D eigenvalue weighted by molar-refractivity contribution is 7.92. The second-order valence-corrected chi connectivity index (χ2v) is 10.4. The summed E-state index contributed by atoms with van der Waals surface area (Å²) >= 11 is 0. The minimum Gasteiger partial charge on any atom is -0.454 e. The van der Waals surface area contributed by atoms with E-state index >= 15 is 0 Å². The molecule has 0 amide bonds. The van der Waals surface area contributed by atoms with Gasteiger partial charge in [-0.2, -0.15) is 13.2 Å². The third kappa shape index (κ3) is 5.14. The van der Waals surface area contributed by atoms with Crippen molar-refractivity contribution in [3.63, 3.8) is 0 Å². The normalized spacial score (nSPS) is 14.6. The van der Waals surface area contributed by atoms with Gasteiger partial charge in [0.15, 0.2) is 23.1 Å². The molecule has 2 aliphatic rings. The van der Waals surface area contributed by atoms with Crippen molar-refractivity contribution >= 4 is 27.3 Å². The Morgan fingerprint density at radius 1 is 0.974 bits per heavy atom. The third-order valence-corrected chi connectivity index (χ3v) is 7.61. The smallest absolute Gasteiger partial charge is 0.416 e. The Hall–Kier alpha value is -4.12. The van der Waals surface area contributed by atoms with Crippen LogP contribution >= 0.6 is 0 Å². The number of hydrogen-bond donors (Lipinski definition) is 1. The van der Waals surface area contributed by atoms with E-state index in [1.165, 1.54) is 24.3 Å². The van der Waals surface area contributed by atoms with Crippen LogP contribution in [0.3, 0.4) is 0 Å². The van der Waals surface area contributed by atoms with Crippen LogP contribution in [-0.4, -0.2) is 26.8 Å². The van der Waals surface area contributed by atoms with Crippen molar-refractivity contribution in [2.24, 2.45) is 0 Å². The van der Waals surface area contributed by atoms with Gasteiger partial charge in [0.25, 0.3) is 10.0 Å². The molecule has 0 bridgehead atoms. The molecule has 0 radical (unpaired) electrons. The molecule has 1 N–H and O–H groups in total. The summed E-state index contributed by atoms with van der Waals surface area (Å²) in [5.41, 5.74) is 0.126. The van der Waals surface area contributed by atoms with Gasteiger partial charge in [0.05, 0.1) is 16.0 Å². The fourth-order valence-electron chi connectivity index (χ4n) is 4.26. The summed E-state index contributed by atoms with van der Waals surface area (Å²) in [6.07, 6.45) is -2.43. The zero-order valence-corrected chi connectivity index (χ0v) is 20.5. The maximum absolute atomic E-state index is 13.1. The first-order valence-electron chi connectivity index (χ1n) is 11.5. The number of anilines is 1. The van der Waals surface area contributed by atoms with Crippen molar-refractivity contribution in [1.29, 1.82) is 0 Å². The molecule has 7 nitrogen and oxygen atoms in total. The summed E-state index contributed by atoms with van der Waals surface area (Å²) in [6, 6.07) is 13.0. The van der Waals surface area contributed by atoms with Crippen LogP contribution in [0.4, 0.5) is 18.9 Å². The SMILES string of the molecule is O=C(CCc1ccc2c(c1)OCO2)C1=CCc2ccc(S(=O)(=O)Nc3cccc(C(F)(F)F)c3)cc2C1=O. The highest BCUT2D eigenvalue weighted by Crippen LogP contribution is 2.34. The monoisotopic (exact) mass is 543 g/mol. The molecule has 38 heavy (non-hydrogen) atoms. The quantitative estimate of drug-likeness (QED) is 0.417. The number of fused-ring (bicyclic) bond motifs is 2. The molecule has 0 aromatic heterocycles. The van der Waals surface area contributed by atoms with Gasteiger partial charge in [-0.1, -0.05) is 24.3 Å². The molecule has 0 atom stereocenters. The van der Waals surface area contributed by atoms with Crippen LogP contribution in [0.1, 0.15) is 33.5 Å². The predicted molar refractivity (Wildman–Crippen MR) is 131 cm³/mol. The Labute approximate surface area is 215 Å². The van der Waals surface area contributed by atoms with E-state index in [0.717, 1.165) is 23.8 Å². The lowest BCUT2D eigenvalue weighted by atomic mass is 9.87. The van der Waals surface area contributed by atoms with Gasteiger partial charge in [-0.25, -0.2) is 8.42 Å². The second kappa shape index (κ2) is 9.64. The number of benzene rings is 3. The van der Waals surface area contributed by atoms with Crippen LogP contribution in [-0.2, 0) is 33.8 Å². The highest BCUT2D eigenvalue weighted by Gasteiger charge is 2.31. The molecular formula is C27H20F3NO6S. The van der Waals surface area contributed by atoms with Crippen molar-refractivity contribution in [3.05, 3.63) is 94.6 Å². The second-order valence-electron chi connectivity index (χ2n) is 8.76. The Morgan fingerprint density at radius 2 is 1.76 bits per heavy atom. The molecule has 196 valence electrons. The summed E-state index contributed by atoms with van der Waals surface area (Å²) < 4.78 is 77.6. The number of sulfonamides is 1. The topological polar surface area (TPSA) is 98.8 Å². The number of rotatable bonds is 7. The Balaban J connectivity index is 1.31. The molecule has 0 unspecified atom stereocenters. The molecule has 0 spiro atoms. The van der Waals surface area contributed by atoms with E-state index < -0.39 is 27.5 Å². The molecule has 1 heterocycles. The highest BCUT2D eigenvalue weighted by atomic mass is 32.2. The number of halogens is 3. The number of ketones is 2. The van der Waals surface area contributed by atoms with Crippen molar-refractivity contribution in [1.82, 2.24) is 0 Å². The summed E-state index contributed by atoms with van der Waals surface area (Å²) in [5, 5.41) is 0. The van der Waals surface area contributed by atoms with Gasteiger partial charge in [-0.05, 0) is 66.4 Å². The maximum Gasteiger partial charge on any atom is 0.416 e. The minimum atomic E-state index is -4.64. The number of carbonyl (C=O) groups excluding carboxylic acids is 2. The molecule has 0 saturated heterocycles. The van der Waals surface area contributed by atoms with E-state index in [2.05, 4.69) is 4.72 Å². The third-order valence-electron chi connectivity index (χ3n) is 6.23. The van der Waals surface area contributed by atoms with E-state index in [1.807, 2.05) is 6.07 Å². The summed E-state index contributed by atoms with van der Waals surface area (Å²) in [7, 11) is -4.32. The number of ether oxygens (including phenoxy) is 2. The van der Waals surface area contributed by atoms with Gasteiger partial charge < -0.3 is 9.47 Å². The van der Waals surface area contributed by atoms with Gasteiger partial charge in [0.1, 0.15) is 0 Å². The molecule has 3 aromatic rings. The molecule has 0 saturated carbocycles. The molecule has 1 aliphatic heterocycles. The van der Waals surface area contributed by atoms with Crippen LogP contribution in [0.15, 0.2) is 77.2 Å². The summed E-state index contributed by atoms with van der Waals surface area (Å²) in [6.45, 7) is 0.131. The lowest BCUT2D eigenvalue weighted by Crippen LogP contribution is -2.21. The number of Topliss-reactive ketones (excluding diaryl/α,β-unsaturated/α-hetero) is 2. The lowest BCUT2D eigenvalue weighted by molar-refractivity contribution is -0.137. The van der Waals surface area contributed by atoms with E-state index in [4.69, 9.17) is 9.47 Å². The summed E-state index contributed by atoms with van der Waals surface area (Å²) in [4.78, 5) is 25.7. The summed E-state index contributed by atoms with van der Waals surface area (Å²) in [5.74, 6) is 0.228. The Morgan fingerprint density at radius 3 is 2.55 bits per heavy atom. The van der Waals surface area contributed by atoms with Crippen molar-refractivity contribution in [2.45, 2.75) is 30.3 Å². The average molecular weight is 544 g/mol. The maximum atomic E-state index is 13.1. The van der Waals surface area contributed by atoms with Gasteiger partial charge in [-0.3, -0.25) is 14.3 Å². The number of nitrogens with one attached hydrogen (secondary N) is 1. The number of carbonyl (C=O) groups is 2. The number of allylic oxidation sites excluding steroid dienone is 2. The van der Waals surface area contributed by atoms with Crippen LogP contribution in [0.2, 0.25) is 0 Å². The minimum absolute atomic E-state index is 0.0290. The van der Waals surface area contributed by atoms with Gasteiger partial charge in [-0.15, -0.1) is 0 Å². The van der Waals surface area contributed by atoms with Crippen molar-refractivity contribution in [2.75, 3.05) is 11.5 Å². The van der Waals surface area contributed by atoms with E-state index in [1.54, 1.807) is 12.1 Å². The standard InChI is InChI=1S/C27H20F3NO6S/c28-27(29,30)18-2-1-3-19(13-18)31-38(34,35)20-8-6-17-7-9-21(26(33)22(17)14-20)23(32)10-4-16-5-11-24-25(12-16)37-15-36-24/h1-3,5-6,8-9,11-14,31H,4,7,10,15H2. The van der Waals surface area contributed by atoms with E-state index in [-0.39, 0.29) is 47.1 Å². The fourth-order valence-corrected chi connectivity index (χ4v) is 5.34. The number of hydrogen-bond acceptors (Lipinski definition) is 6. The first-order valence-corrected chi connectivity index (χ1v) is 13.0. The molecule has 0 fully saturated rings. The van der Waals surface area contributed by atoms with Crippen molar-refractivity contribution in [3.8, 4) is 11.5 Å². The number of aryl methyl sites for hydroxylation is 1. The van der Waals surface area contributed by atoms with E-state index in [9.17, 15) is 31.2 Å². The first-order chi connectivity index (χ1) is 18.0. The zero-order valence-electron chi connectivity index (χ0n) is 19.7. The fraction of sp³-hybridized carbons (Fsp3) is 0.185. The Kier molecular flexibility index (Phi) is 6.47. The van der Waals surface area contributed by atoms with Crippen LogP contribution in [0, 0.1) is 0 Å². The molecule has 5 rings (SSSR count). The molecule has 11 heteroatoms. The van der Waals surface area contributed by atoms with Crippen molar-refractivity contribution < 1.29 is 40.7 Å². The first kappa shape index (κ1) is 25.5. The largest absolute Gasteiger partial charge is 0.454 e. The van der Waals surface area contributed by atoms with Gasteiger partial charge in [0, 0.05) is 17.7 Å².